The first-order chi connectivity index (χ1) is 17.4. The van der Waals surface area contributed by atoms with Gasteiger partial charge >= 0.3 is 5.97 Å². The number of aliphatic carboxylic acids is 1. The van der Waals surface area contributed by atoms with Gasteiger partial charge in [-0.1, -0.05) is 45.9 Å². The Morgan fingerprint density at radius 1 is 1.14 bits per heavy atom. The number of aromatic nitrogens is 2. The van der Waals surface area contributed by atoms with Crippen LogP contribution in [0, 0.1) is 6.92 Å². The molecular formula is C29H39N3O3SSi. The third-order valence-electron chi connectivity index (χ3n) is 6.82. The molecular weight excluding hydrogens is 498 g/mol. The zero-order chi connectivity index (χ0) is 27.2. The summed E-state index contributed by atoms with van der Waals surface area (Å²) in [4.78, 5) is 22.8. The summed E-state index contributed by atoms with van der Waals surface area (Å²) in [5.74, 6) is 0.643. The molecule has 1 aromatic carbocycles. The van der Waals surface area contributed by atoms with E-state index in [1.807, 2.05) is 31.2 Å². The molecule has 3 aromatic rings. The monoisotopic (exact) mass is 537 g/mol. The van der Waals surface area contributed by atoms with Crippen molar-refractivity contribution in [2.75, 3.05) is 11.9 Å². The van der Waals surface area contributed by atoms with Gasteiger partial charge in [0.2, 0.25) is 0 Å². The molecule has 0 radical (unpaired) electrons. The number of thiophene rings is 1. The summed E-state index contributed by atoms with van der Waals surface area (Å²) in [5.41, 5.74) is 3.64. The van der Waals surface area contributed by atoms with E-state index >= 15 is 0 Å². The fourth-order valence-electron chi connectivity index (χ4n) is 3.61. The molecule has 0 unspecified atom stereocenters. The van der Waals surface area contributed by atoms with Crippen molar-refractivity contribution in [2.45, 2.75) is 72.0 Å². The van der Waals surface area contributed by atoms with E-state index in [0.717, 1.165) is 57.5 Å². The maximum atomic E-state index is 11.0. The van der Waals surface area contributed by atoms with Gasteiger partial charge in [-0.25, -0.2) is 9.97 Å². The Kier molecular flexibility index (Phi) is 9.45. The molecule has 0 atom stereocenters. The molecule has 2 heterocycles. The lowest BCUT2D eigenvalue weighted by atomic mass is 10.1. The van der Waals surface area contributed by atoms with Crippen molar-refractivity contribution in [3.05, 3.63) is 64.2 Å². The van der Waals surface area contributed by atoms with Crippen LogP contribution in [0.4, 0.5) is 11.5 Å². The van der Waals surface area contributed by atoms with E-state index in [1.165, 1.54) is 0 Å². The van der Waals surface area contributed by atoms with Crippen LogP contribution in [0.5, 0.6) is 0 Å². The Labute approximate surface area is 226 Å². The van der Waals surface area contributed by atoms with Gasteiger partial charge in [0.05, 0.1) is 11.3 Å². The molecule has 0 saturated heterocycles. The maximum absolute atomic E-state index is 11.0. The van der Waals surface area contributed by atoms with Gasteiger partial charge in [-0.3, -0.25) is 4.79 Å². The molecule has 0 aliphatic carbocycles. The molecule has 0 bridgehead atoms. The number of rotatable bonds is 11. The molecule has 0 spiro atoms. The molecule has 198 valence electrons. The number of anilines is 2. The van der Waals surface area contributed by atoms with Gasteiger partial charge < -0.3 is 14.8 Å². The van der Waals surface area contributed by atoms with Crippen LogP contribution >= 0.6 is 11.3 Å². The first kappa shape index (κ1) is 28.8. The fourth-order valence-corrected chi connectivity index (χ4v) is 5.55. The van der Waals surface area contributed by atoms with E-state index in [9.17, 15) is 4.79 Å². The highest BCUT2D eigenvalue weighted by Crippen LogP contribution is 2.36. The molecule has 0 aliphatic rings. The van der Waals surface area contributed by atoms with E-state index < -0.39 is 14.3 Å². The quantitative estimate of drug-likeness (QED) is 0.191. The largest absolute Gasteiger partial charge is 0.481 e. The summed E-state index contributed by atoms with van der Waals surface area (Å²) in [6, 6.07) is 11.6. The predicted molar refractivity (Wildman–Crippen MR) is 157 cm³/mol. The summed E-state index contributed by atoms with van der Waals surface area (Å²) in [7, 11) is -1.71. The summed E-state index contributed by atoms with van der Waals surface area (Å²) < 4.78 is 6.26. The Morgan fingerprint density at radius 3 is 2.46 bits per heavy atom. The number of hydrogen-bond acceptors (Lipinski definition) is 6. The Hall–Kier alpha value is -2.81. The van der Waals surface area contributed by atoms with Crippen molar-refractivity contribution < 1.29 is 14.3 Å². The molecule has 0 amide bonds. The van der Waals surface area contributed by atoms with Gasteiger partial charge in [-0.2, -0.15) is 0 Å². The fraction of sp³-hybridized carbons (Fsp3) is 0.414. The minimum atomic E-state index is -1.71. The van der Waals surface area contributed by atoms with Gasteiger partial charge in [0.1, 0.15) is 5.82 Å². The summed E-state index contributed by atoms with van der Waals surface area (Å²) in [6.07, 6.45) is 6.03. The lowest BCUT2D eigenvalue weighted by Crippen LogP contribution is -2.40. The molecule has 2 N–H and O–H groups in total. The number of carbonyl (C=O) groups is 1. The van der Waals surface area contributed by atoms with E-state index in [-0.39, 0.29) is 11.5 Å². The van der Waals surface area contributed by atoms with E-state index in [0.29, 0.717) is 5.82 Å². The summed E-state index contributed by atoms with van der Waals surface area (Å²) in [5, 5.41) is 12.6. The highest BCUT2D eigenvalue weighted by Gasteiger charge is 2.36. The number of benzene rings is 1. The zero-order valence-electron chi connectivity index (χ0n) is 23.0. The summed E-state index contributed by atoms with van der Waals surface area (Å²) >= 11 is 1.67. The van der Waals surface area contributed by atoms with Crippen molar-refractivity contribution in [2.24, 2.45) is 0 Å². The number of aryl methyl sites for hydroxylation is 1. The van der Waals surface area contributed by atoms with Crippen LogP contribution in [0.2, 0.25) is 18.1 Å². The number of nitrogens with zero attached hydrogens (tertiary/aromatic N) is 2. The highest BCUT2D eigenvalue weighted by molar-refractivity contribution is 7.16. The first-order valence-electron chi connectivity index (χ1n) is 12.8. The van der Waals surface area contributed by atoms with Gasteiger partial charge in [0.15, 0.2) is 14.1 Å². The molecule has 3 rings (SSSR count). The number of nitrogens with one attached hydrogen (secondary N) is 1. The number of carboxylic acid groups (broad SMARTS) is 1. The maximum Gasteiger partial charge on any atom is 0.307 e. The second-order valence-electron chi connectivity index (χ2n) is 10.7. The minimum Gasteiger partial charge on any atom is -0.481 e. The van der Waals surface area contributed by atoms with Gasteiger partial charge in [-0.05, 0) is 73.8 Å². The third-order valence-corrected chi connectivity index (χ3v) is 12.4. The lowest BCUT2D eigenvalue weighted by molar-refractivity contribution is -0.136. The van der Waals surface area contributed by atoms with Crippen molar-refractivity contribution in [3.63, 3.8) is 0 Å². The third kappa shape index (κ3) is 7.83. The average molecular weight is 538 g/mol. The summed E-state index contributed by atoms with van der Waals surface area (Å²) in [6.45, 7) is 16.2. The lowest BCUT2D eigenvalue weighted by Gasteiger charge is -2.36. The van der Waals surface area contributed by atoms with Gasteiger partial charge in [0, 0.05) is 28.4 Å². The zero-order valence-corrected chi connectivity index (χ0v) is 24.8. The van der Waals surface area contributed by atoms with E-state index in [1.54, 1.807) is 11.3 Å². The smallest absolute Gasteiger partial charge is 0.307 e. The Balaban J connectivity index is 1.71. The highest BCUT2D eigenvalue weighted by atomic mass is 32.1. The van der Waals surface area contributed by atoms with Crippen molar-refractivity contribution in [1.82, 2.24) is 9.97 Å². The standard InChI is InChI=1S/C29H39N3O3SSi/c1-8-24-20(2)30-28(32-27(24)31-22-14-12-21(13-15-22)19-26(33)34)25-17-16-23(36-25)11-9-10-18-35-37(6,7)29(3,4)5/h9,11-17H,8,10,18-19H2,1-7H3,(H,33,34)(H,30,31,32)/b11-9+. The van der Waals surface area contributed by atoms with E-state index in [2.05, 4.69) is 70.4 Å². The van der Waals surface area contributed by atoms with E-state index in [4.69, 9.17) is 19.5 Å². The predicted octanol–water partition coefficient (Wildman–Crippen LogP) is 7.87. The average Bonchev–Trinajstić information content (AvgIpc) is 3.28. The van der Waals surface area contributed by atoms with Gasteiger partial charge in [-0.15, -0.1) is 11.3 Å². The van der Waals surface area contributed by atoms with Crippen LogP contribution in [0.15, 0.2) is 42.5 Å². The molecule has 37 heavy (non-hydrogen) atoms. The van der Waals surface area contributed by atoms with Crippen LogP contribution in [-0.2, 0) is 22.1 Å². The SMILES string of the molecule is CCc1c(C)nc(-c2ccc(/C=C/CCO[Si](C)(C)C(C)(C)C)s2)nc1Nc1ccc(CC(=O)O)cc1. The molecule has 8 heteroatoms. The molecule has 0 fully saturated rings. The Morgan fingerprint density at radius 2 is 1.84 bits per heavy atom. The molecule has 2 aromatic heterocycles. The van der Waals surface area contributed by atoms with Crippen molar-refractivity contribution >= 4 is 43.2 Å². The van der Waals surface area contributed by atoms with Crippen LogP contribution in [0.25, 0.3) is 16.8 Å². The van der Waals surface area contributed by atoms with Crippen LogP contribution in [0.3, 0.4) is 0 Å². The number of hydrogen-bond donors (Lipinski definition) is 2. The molecule has 6 nitrogen and oxygen atoms in total. The second kappa shape index (κ2) is 12.2. The minimum absolute atomic E-state index is 0.00999. The van der Waals surface area contributed by atoms with Crippen molar-refractivity contribution in [1.29, 1.82) is 0 Å². The van der Waals surface area contributed by atoms with Crippen LogP contribution in [0.1, 0.15) is 55.8 Å². The number of carboxylic acids is 1. The van der Waals surface area contributed by atoms with Crippen LogP contribution < -0.4 is 5.32 Å². The Bertz CT molecular complexity index is 1240. The molecule has 0 saturated carbocycles. The molecule has 0 aliphatic heterocycles. The topological polar surface area (TPSA) is 84.3 Å². The second-order valence-corrected chi connectivity index (χ2v) is 16.6. The van der Waals surface area contributed by atoms with Crippen molar-refractivity contribution in [3.8, 4) is 10.7 Å². The first-order valence-corrected chi connectivity index (χ1v) is 16.5. The normalized spacial score (nSPS) is 12.3. The van der Waals surface area contributed by atoms with Crippen LogP contribution in [-0.4, -0.2) is 36.0 Å². The van der Waals surface area contributed by atoms with Gasteiger partial charge in [0.25, 0.3) is 0 Å².